The zero-order valence-corrected chi connectivity index (χ0v) is 13.9. The first-order chi connectivity index (χ1) is 12.1. The van der Waals surface area contributed by atoms with E-state index in [-0.39, 0.29) is 5.02 Å². The van der Waals surface area contributed by atoms with Gasteiger partial charge in [0.15, 0.2) is 11.6 Å². The minimum absolute atomic E-state index is 0.0897. The van der Waals surface area contributed by atoms with Gasteiger partial charge in [-0.1, -0.05) is 23.7 Å². The normalized spacial score (nSPS) is 13.0. The van der Waals surface area contributed by atoms with Crippen molar-refractivity contribution in [1.29, 1.82) is 0 Å². The Morgan fingerprint density at radius 3 is 2.96 bits per heavy atom. The van der Waals surface area contributed by atoms with Crippen LogP contribution in [-0.2, 0) is 6.42 Å². The SMILES string of the molecule is CCC1=Nc2nccc(-c3noc(=O)n3-c3ccc(F)c(Cl)c3)c2C1. The van der Waals surface area contributed by atoms with Crippen LogP contribution >= 0.6 is 11.6 Å². The lowest BCUT2D eigenvalue weighted by Crippen LogP contribution is -2.14. The van der Waals surface area contributed by atoms with E-state index >= 15 is 0 Å². The summed E-state index contributed by atoms with van der Waals surface area (Å²) in [6, 6.07) is 5.75. The molecule has 1 aliphatic heterocycles. The number of hydrogen-bond donors (Lipinski definition) is 0. The van der Waals surface area contributed by atoms with Gasteiger partial charge >= 0.3 is 5.76 Å². The van der Waals surface area contributed by atoms with Crippen molar-refractivity contribution in [2.24, 2.45) is 4.99 Å². The molecular formula is C17H12ClFN4O2. The Morgan fingerprint density at radius 1 is 1.36 bits per heavy atom. The average molecular weight is 359 g/mol. The predicted octanol–water partition coefficient (Wildman–Crippen LogP) is 3.72. The molecule has 3 heterocycles. The zero-order chi connectivity index (χ0) is 17.6. The quantitative estimate of drug-likeness (QED) is 0.715. The van der Waals surface area contributed by atoms with Gasteiger partial charge in [-0.2, -0.15) is 0 Å². The summed E-state index contributed by atoms with van der Waals surface area (Å²) >= 11 is 5.84. The first-order valence-electron chi connectivity index (χ1n) is 7.67. The van der Waals surface area contributed by atoms with Crippen LogP contribution in [-0.4, -0.2) is 20.4 Å². The third-order valence-corrected chi connectivity index (χ3v) is 4.38. The van der Waals surface area contributed by atoms with Gasteiger partial charge in [-0.05, 0) is 30.7 Å². The number of fused-ring (bicyclic) bond motifs is 1. The molecule has 0 atom stereocenters. The number of halogens is 2. The Labute approximate surface area is 146 Å². The van der Waals surface area contributed by atoms with E-state index in [9.17, 15) is 9.18 Å². The third kappa shape index (κ3) is 2.56. The molecule has 0 N–H and O–H groups in total. The molecule has 0 unspecified atom stereocenters. The highest BCUT2D eigenvalue weighted by Crippen LogP contribution is 2.34. The largest absolute Gasteiger partial charge is 0.446 e. The lowest BCUT2D eigenvalue weighted by atomic mass is 10.0. The monoisotopic (exact) mass is 358 g/mol. The van der Waals surface area contributed by atoms with Gasteiger partial charge in [0.25, 0.3) is 0 Å². The zero-order valence-electron chi connectivity index (χ0n) is 13.2. The smallest absolute Gasteiger partial charge is 0.295 e. The number of rotatable bonds is 3. The Hall–Kier alpha value is -2.80. The van der Waals surface area contributed by atoms with Crippen LogP contribution in [0.2, 0.25) is 5.02 Å². The van der Waals surface area contributed by atoms with Crippen LogP contribution in [0.1, 0.15) is 18.9 Å². The minimum Gasteiger partial charge on any atom is -0.295 e. The van der Waals surface area contributed by atoms with Crippen molar-refractivity contribution in [3.05, 3.63) is 57.4 Å². The highest BCUT2D eigenvalue weighted by molar-refractivity contribution is 6.30. The first-order valence-corrected chi connectivity index (χ1v) is 8.05. The Kier molecular flexibility index (Phi) is 3.73. The van der Waals surface area contributed by atoms with Crippen LogP contribution in [0.15, 0.2) is 44.8 Å². The molecule has 25 heavy (non-hydrogen) atoms. The van der Waals surface area contributed by atoms with E-state index in [1.807, 2.05) is 6.92 Å². The van der Waals surface area contributed by atoms with Gasteiger partial charge in [-0.15, -0.1) is 0 Å². The molecule has 8 heteroatoms. The topological polar surface area (TPSA) is 73.3 Å². The summed E-state index contributed by atoms with van der Waals surface area (Å²) in [6.45, 7) is 2.02. The minimum atomic E-state index is -0.683. The van der Waals surface area contributed by atoms with Gasteiger partial charge in [0.05, 0.1) is 10.7 Å². The van der Waals surface area contributed by atoms with Gasteiger partial charge in [0.1, 0.15) is 5.82 Å². The highest BCUT2D eigenvalue weighted by Gasteiger charge is 2.24. The van der Waals surface area contributed by atoms with Crippen molar-refractivity contribution in [3.63, 3.8) is 0 Å². The van der Waals surface area contributed by atoms with Crippen LogP contribution in [0.3, 0.4) is 0 Å². The fraction of sp³-hybridized carbons (Fsp3) is 0.176. The number of benzene rings is 1. The lowest BCUT2D eigenvalue weighted by Gasteiger charge is -2.08. The predicted molar refractivity (Wildman–Crippen MR) is 91.4 cm³/mol. The van der Waals surface area contributed by atoms with Gasteiger partial charge in [0, 0.05) is 29.5 Å². The lowest BCUT2D eigenvalue weighted by molar-refractivity contribution is 0.383. The maximum Gasteiger partial charge on any atom is 0.446 e. The highest BCUT2D eigenvalue weighted by atomic mass is 35.5. The number of aromatic nitrogens is 3. The Balaban J connectivity index is 1.89. The van der Waals surface area contributed by atoms with Crippen LogP contribution < -0.4 is 5.76 Å². The van der Waals surface area contributed by atoms with E-state index in [1.54, 1.807) is 12.3 Å². The molecule has 1 aromatic carbocycles. The molecule has 3 aromatic rings. The van der Waals surface area contributed by atoms with Crippen molar-refractivity contribution < 1.29 is 8.91 Å². The maximum atomic E-state index is 13.4. The molecule has 0 bridgehead atoms. The summed E-state index contributed by atoms with van der Waals surface area (Å²) in [6.07, 6.45) is 3.06. The molecule has 0 spiro atoms. The molecule has 126 valence electrons. The molecule has 2 aromatic heterocycles. The fourth-order valence-electron chi connectivity index (χ4n) is 2.83. The third-order valence-electron chi connectivity index (χ3n) is 4.09. The van der Waals surface area contributed by atoms with Gasteiger partial charge in [-0.3, -0.25) is 4.52 Å². The van der Waals surface area contributed by atoms with Crippen molar-refractivity contribution in [2.45, 2.75) is 19.8 Å². The second-order valence-corrected chi connectivity index (χ2v) is 5.98. The number of pyridine rings is 1. The molecule has 1 aliphatic rings. The first kappa shape index (κ1) is 15.7. The van der Waals surface area contributed by atoms with E-state index < -0.39 is 11.6 Å². The summed E-state index contributed by atoms with van der Waals surface area (Å²) in [7, 11) is 0. The molecule has 0 aliphatic carbocycles. The Bertz CT molecular complexity index is 1070. The van der Waals surface area contributed by atoms with E-state index in [0.717, 1.165) is 17.7 Å². The van der Waals surface area contributed by atoms with E-state index in [2.05, 4.69) is 15.1 Å². The molecule has 0 saturated carbocycles. The van der Waals surface area contributed by atoms with Crippen molar-refractivity contribution in [1.82, 2.24) is 14.7 Å². The molecule has 4 rings (SSSR count). The molecule has 0 fully saturated rings. The summed E-state index contributed by atoms with van der Waals surface area (Å²) in [5.41, 5.74) is 2.96. The van der Waals surface area contributed by atoms with Crippen LogP contribution in [0.5, 0.6) is 0 Å². The standard InChI is InChI=1S/C17H12ClFN4O2/c1-2-9-7-12-11(5-6-20-15(12)21-9)16-22-25-17(24)23(16)10-3-4-14(19)13(18)8-10/h3-6,8H,2,7H2,1H3. The van der Waals surface area contributed by atoms with Gasteiger partial charge in [0.2, 0.25) is 0 Å². The summed E-state index contributed by atoms with van der Waals surface area (Å²) < 4.78 is 19.5. The van der Waals surface area contributed by atoms with E-state index in [1.165, 1.54) is 22.8 Å². The van der Waals surface area contributed by atoms with Crippen molar-refractivity contribution in [2.75, 3.05) is 0 Å². The van der Waals surface area contributed by atoms with Gasteiger partial charge in [-0.25, -0.2) is 23.7 Å². The van der Waals surface area contributed by atoms with Crippen LogP contribution in [0.25, 0.3) is 17.1 Å². The molecule has 6 nitrogen and oxygen atoms in total. The second-order valence-electron chi connectivity index (χ2n) is 5.57. The summed E-state index contributed by atoms with van der Waals surface area (Å²) in [4.78, 5) is 20.9. The summed E-state index contributed by atoms with van der Waals surface area (Å²) in [5.74, 6) is -0.326. The molecule has 0 radical (unpaired) electrons. The summed E-state index contributed by atoms with van der Waals surface area (Å²) in [5, 5.41) is 3.81. The number of hydrogen-bond acceptors (Lipinski definition) is 5. The molecular weight excluding hydrogens is 347 g/mol. The number of nitrogens with zero attached hydrogens (tertiary/aromatic N) is 4. The second kappa shape index (κ2) is 5.93. The fourth-order valence-corrected chi connectivity index (χ4v) is 3.01. The van der Waals surface area contributed by atoms with Crippen LogP contribution in [0, 0.1) is 5.82 Å². The number of aliphatic imine (C=N–C) groups is 1. The van der Waals surface area contributed by atoms with Crippen molar-refractivity contribution in [3.8, 4) is 17.1 Å². The average Bonchev–Trinajstić information content (AvgIpc) is 3.20. The Morgan fingerprint density at radius 2 is 2.20 bits per heavy atom. The molecule has 0 saturated heterocycles. The molecule has 0 amide bonds. The van der Waals surface area contributed by atoms with Crippen molar-refractivity contribution >= 4 is 23.1 Å². The van der Waals surface area contributed by atoms with E-state index in [0.29, 0.717) is 29.3 Å². The van der Waals surface area contributed by atoms with Gasteiger partial charge < -0.3 is 0 Å². The van der Waals surface area contributed by atoms with Crippen LogP contribution in [0.4, 0.5) is 10.2 Å². The van der Waals surface area contributed by atoms with E-state index in [4.69, 9.17) is 16.1 Å². The maximum absolute atomic E-state index is 13.4.